The molecule has 4 rings (SSSR count). The van der Waals surface area contributed by atoms with Crippen molar-refractivity contribution in [2.24, 2.45) is 0 Å². The Bertz CT molecular complexity index is 854. The smallest absolute Gasteiger partial charge is 0.253 e. The lowest BCUT2D eigenvalue weighted by molar-refractivity contribution is -0.185. The predicted molar refractivity (Wildman–Crippen MR) is 116 cm³/mol. The first-order valence-electron chi connectivity index (χ1n) is 11.0. The monoisotopic (exact) mass is 409 g/mol. The van der Waals surface area contributed by atoms with Gasteiger partial charge in [-0.15, -0.1) is 0 Å². The van der Waals surface area contributed by atoms with Crippen LogP contribution in [0.4, 0.5) is 0 Å². The number of ether oxygens (including phenoxy) is 1. The molecule has 5 nitrogen and oxygen atoms in total. The van der Waals surface area contributed by atoms with Crippen LogP contribution in [0.1, 0.15) is 48.5 Å². The van der Waals surface area contributed by atoms with E-state index in [-0.39, 0.29) is 12.5 Å². The minimum absolute atomic E-state index is 0.0334. The zero-order chi connectivity index (χ0) is 21.1. The van der Waals surface area contributed by atoms with E-state index in [0.29, 0.717) is 37.9 Å². The van der Waals surface area contributed by atoms with Crippen molar-refractivity contribution < 1.29 is 19.7 Å². The normalized spacial score (nSPS) is 23.5. The number of carbonyl (C=O) groups excluding carboxylic acids is 1. The Labute approximate surface area is 178 Å². The van der Waals surface area contributed by atoms with Crippen molar-refractivity contribution in [3.8, 4) is 11.1 Å². The largest absolute Gasteiger partial charge is 0.390 e. The van der Waals surface area contributed by atoms with Crippen molar-refractivity contribution in [3.63, 3.8) is 0 Å². The zero-order valence-electron chi connectivity index (χ0n) is 17.6. The Balaban J connectivity index is 1.37. The summed E-state index contributed by atoms with van der Waals surface area (Å²) in [5.74, 6) is 0.0334. The van der Waals surface area contributed by atoms with E-state index in [1.165, 1.54) is 5.56 Å². The number of aliphatic hydroxyl groups is 2. The van der Waals surface area contributed by atoms with Crippen LogP contribution in [0, 0.1) is 0 Å². The molecule has 0 aromatic heterocycles. The fourth-order valence-corrected chi connectivity index (χ4v) is 4.56. The average Bonchev–Trinajstić information content (AvgIpc) is 2.78. The summed E-state index contributed by atoms with van der Waals surface area (Å²) >= 11 is 0. The number of nitrogens with zero attached hydrogens (tertiary/aromatic N) is 1. The molecule has 2 aromatic rings. The fraction of sp³-hybridized carbons (Fsp3) is 0.480. The molecule has 2 atom stereocenters. The third-order valence-corrected chi connectivity index (χ3v) is 6.51. The predicted octanol–water partition coefficient (Wildman–Crippen LogP) is 3.42. The van der Waals surface area contributed by atoms with Crippen LogP contribution in [-0.2, 0) is 11.2 Å². The van der Waals surface area contributed by atoms with Crippen LogP contribution >= 0.6 is 0 Å². The molecule has 0 radical (unpaired) electrons. The van der Waals surface area contributed by atoms with Gasteiger partial charge in [0.1, 0.15) is 6.10 Å². The molecule has 0 bridgehead atoms. The zero-order valence-corrected chi connectivity index (χ0v) is 17.6. The molecule has 2 aromatic carbocycles. The Morgan fingerprint density at radius 2 is 1.60 bits per heavy atom. The topological polar surface area (TPSA) is 70.0 Å². The first kappa shape index (κ1) is 21.0. The van der Waals surface area contributed by atoms with Crippen LogP contribution in [-0.4, -0.2) is 58.5 Å². The lowest BCUT2D eigenvalue weighted by Gasteiger charge is -2.46. The average molecular weight is 410 g/mol. The third-order valence-electron chi connectivity index (χ3n) is 6.51. The standard InChI is InChI=1S/C25H31NO4/c1-2-3-18-4-6-19(7-5-18)20-8-10-21(11-9-20)24(29)26-14-12-25(13-15-26)16-22(27)23(28)17-30-25/h4-11,22-23,27-28H,2-3,12-17H2,1H3/t22-,23+/m1/s1. The first-order chi connectivity index (χ1) is 14.5. The molecule has 2 saturated heterocycles. The van der Waals surface area contributed by atoms with Crippen LogP contribution in [0.5, 0.6) is 0 Å². The number of rotatable bonds is 4. The number of amides is 1. The number of likely N-dealkylation sites (tertiary alicyclic amines) is 1. The van der Waals surface area contributed by atoms with Crippen molar-refractivity contribution in [3.05, 3.63) is 59.7 Å². The highest BCUT2D eigenvalue weighted by atomic mass is 16.5. The Hall–Kier alpha value is -2.21. The van der Waals surface area contributed by atoms with Crippen molar-refractivity contribution >= 4 is 5.91 Å². The first-order valence-corrected chi connectivity index (χ1v) is 11.0. The highest BCUT2D eigenvalue weighted by molar-refractivity contribution is 5.94. The summed E-state index contributed by atoms with van der Waals surface area (Å²) < 4.78 is 5.86. The number of benzene rings is 2. The van der Waals surface area contributed by atoms with E-state index in [1.54, 1.807) is 0 Å². The maximum atomic E-state index is 12.9. The van der Waals surface area contributed by atoms with E-state index in [2.05, 4.69) is 31.2 Å². The number of hydrogen-bond acceptors (Lipinski definition) is 4. The van der Waals surface area contributed by atoms with Crippen LogP contribution < -0.4 is 0 Å². The summed E-state index contributed by atoms with van der Waals surface area (Å²) in [5.41, 5.74) is 3.89. The van der Waals surface area contributed by atoms with Gasteiger partial charge in [0.05, 0.1) is 18.3 Å². The van der Waals surface area contributed by atoms with E-state index in [9.17, 15) is 15.0 Å². The lowest BCUT2D eigenvalue weighted by atomic mass is 9.82. The van der Waals surface area contributed by atoms with Crippen molar-refractivity contribution in [1.29, 1.82) is 0 Å². The summed E-state index contributed by atoms with van der Waals surface area (Å²) in [6.45, 7) is 3.54. The molecule has 2 N–H and O–H groups in total. The van der Waals surface area contributed by atoms with Gasteiger partial charge in [-0.2, -0.15) is 0 Å². The van der Waals surface area contributed by atoms with Gasteiger partial charge >= 0.3 is 0 Å². The lowest BCUT2D eigenvalue weighted by Crippen LogP contribution is -2.55. The molecule has 0 aliphatic carbocycles. The number of hydrogen-bond donors (Lipinski definition) is 2. The number of aryl methyl sites for hydroxylation is 1. The molecule has 30 heavy (non-hydrogen) atoms. The molecular weight excluding hydrogens is 378 g/mol. The second-order valence-electron chi connectivity index (χ2n) is 8.65. The number of piperidine rings is 1. The minimum atomic E-state index is -0.809. The van der Waals surface area contributed by atoms with Crippen LogP contribution in [0.3, 0.4) is 0 Å². The SMILES string of the molecule is CCCc1ccc(-c2ccc(C(=O)N3CCC4(CC3)C[C@@H](O)[C@@H](O)CO4)cc2)cc1. The van der Waals surface area contributed by atoms with E-state index >= 15 is 0 Å². The number of carbonyl (C=O) groups is 1. The Morgan fingerprint density at radius 1 is 1.00 bits per heavy atom. The van der Waals surface area contributed by atoms with Gasteiger partial charge in [0, 0.05) is 25.1 Å². The molecule has 1 amide bonds. The molecule has 2 aliphatic heterocycles. The third kappa shape index (κ3) is 4.43. The quantitative estimate of drug-likeness (QED) is 0.812. The van der Waals surface area contributed by atoms with E-state index in [1.807, 2.05) is 29.2 Å². The van der Waals surface area contributed by atoms with Gasteiger partial charge in [-0.3, -0.25) is 4.79 Å². The minimum Gasteiger partial charge on any atom is -0.390 e. The van der Waals surface area contributed by atoms with Crippen molar-refractivity contribution in [2.45, 2.75) is 56.8 Å². The van der Waals surface area contributed by atoms with Gasteiger partial charge in [-0.05, 0) is 48.1 Å². The highest BCUT2D eigenvalue weighted by Gasteiger charge is 2.43. The van der Waals surface area contributed by atoms with Gasteiger partial charge in [0.15, 0.2) is 0 Å². The molecule has 0 unspecified atom stereocenters. The summed E-state index contributed by atoms with van der Waals surface area (Å²) in [6, 6.07) is 16.4. The molecule has 2 heterocycles. The van der Waals surface area contributed by atoms with Crippen LogP contribution in [0.2, 0.25) is 0 Å². The molecule has 0 saturated carbocycles. The summed E-state index contributed by atoms with van der Waals surface area (Å²) in [5, 5.41) is 19.7. The maximum absolute atomic E-state index is 12.9. The van der Waals surface area contributed by atoms with Gasteiger partial charge in [0.25, 0.3) is 5.91 Å². The van der Waals surface area contributed by atoms with Gasteiger partial charge < -0.3 is 19.8 Å². The summed E-state index contributed by atoms with van der Waals surface area (Å²) in [7, 11) is 0. The molecular formula is C25H31NO4. The second kappa shape index (κ2) is 8.88. The van der Waals surface area contributed by atoms with Gasteiger partial charge in [-0.25, -0.2) is 0 Å². The molecule has 160 valence electrons. The fourth-order valence-electron chi connectivity index (χ4n) is 4.56. The van der Waals surface area contributed by atoms with E-state index < -0.39 is 17.8 Å². The summed E-state index contributed by atoms with van der Waals surface area (Å²) in [4.78, 5) is 14.8. The van der Waals surface area contributed by atoms with Crippen molar-refractivity contribution in [2.75, 3.05) is 19.7 Å². The number of aliphatic hydroxyl groups excluding tert-OH is 2. The molecule has 2 aliphatic rings. The van der Waals surface area contributed by atoms with Gasteiger partial charge in [-0.1, -0.05) is 49.7 Å². The van der Waals surface area contributed by atoms with Crippen molar-refractivity contribution in [1.82, 2.24) is 4.90 Å². The van der Waals surface area contributed by atoms with Crippen LogP contribution in [0.25, 0.3) is 11.1 Å². The van der Waals surface area contributed by atoms with E-state index in [4.69, 9.17) is 4.74 Å². The molecule has 1 spiro atoms. The second-order valence-corrected chi connectivity index (χ2v) is 8.65. The Morgan fingerprint density at radius 3 is 2.17 bits per heavy atom. The van der Waals surface area contributed by atoms with E-state index in [0.717, 1.165) is 24.0 Å². The molecule has 2 fully saturated rings. The highest BCUT2D eigenvalue weighted by Crippen LogP contribution is 2.35. The van der Waals surface area contributed by atoms with Gasteiger partial charge in [0.2, 0.25) is 0 Å². The Kier molecular flexibility index (Phi) is 6.23. The molecule has 5 heteroatoms. The maximum Gasteiger partial charge on any atom is 0.253 e. The summed E-state index contributed by atoms with van der Waals surface area (Å²) in [6.07, 6.45) is 2.48. The van der Waals surface area contributed by atoms with Crippen LogP contribution in [0.15, 0.2) is 48.5 Å².